The number of alkyl carbamates (subject to hydrolysis) is 1. The Morgan fingerprint density at radius 1 is 1.14 bits per heavy atom. The lowest BCUT2D eigenvalue weighted by molar-refractivity contribution is -0.146. The maximum Gasteiger partial charge on any atom is 0.408 e. The number of hydrogen-bond donors (Lipinski definition) is 2. The monoisotopic (exact) mass is 414 g/mol. The van der Waals surface area contributed by atoms with E-state index in [9.17, 15) is 22.8 Å². The average molecular weight is 414 g/mol. The molecule has 1 atom stereocenters. The predicted molar refractivity (Wildman–Crippen MR) is 101 cm³/mol. The third-order valence-electron chi connectivity index (χ3n) is 3.56. The van der Waals surface area contributed by atoms with Gasteiger partial charge in [0.25, 0.3) is 0 Å². The van der Waals surface area contributed by atoms with Crippen LogP contribution >= 0.6 is 0 Å². The van der Waals surface area contributed by atoms with Gasteiger partial charge in [0.2, 0.25) is 0 Å². The van der Waals surface area contributed by atoms with Gasteiger partial charge in [-0.1, -0.05) is 19.1 Å². The highest BCUT2D eigenvalue weighted by Crippen LogP contribution is 2.15. The molecule has 1 rings (SSSR count). The molecule has 0 spiro atoms. The zero-order valence-electron chi connectivity index (χ0n) is 16.4. The molecule has 0 fully saturated rings. The number of benzene rings is 1. The Labute approximate surface area is 164 Å². The smallest absolute Gasteiger partial charge is 0.408 e. The second-order valence-corrected chi connectivity index (χ2v) is 9.12. The quantitative estimate of drug-likeness (QED) is 0.606. The molecule has 9 nitrogen and oxygen atoms in total. The minimum Gasteiger partial charge on any atom is -0.444 e. The summed E-state index contributed by atoms with van der Waals surface area (Å²) in [5.74, 6) is 3.10. The van der Waals surface area contributed by atoms with Crippen LogP contribution in [0.15, 0.2) is 29.2 Å². The van der Waals surface area contributed by atoms with Crippen molar-refractivity contribution in [3.8, 4) is 0 Å². The standard InChI is InChI=1S/C18H26N2O7S/c1-5-13(21)11-28(24,25)14-8-6-12(7-9-14)10-15(16(22)27-19)20-17(23)26-18(2,3)4/h6-9,15H,5,10-11,19H2,1-4H3,(H,20,23). The SMILES string of the molecule is CCC(=O)CS(=O)(=O)c1ccc(CC(NC(=O)OC(C)(C)C)C(=O)ON)cc1. The highest BCUT2D eigenvalue weighted by molar-refractivity contribution is 7.92. The van der Waals surface area contributed by atoms with E-state index in [4.69, 9.17) is 10.6 Å². The van der Waals surface area contributed by atoms with Crippen molar-refractivity contribution in [1.29, 1.82) is 0 Å². The van der Waals surface area contributed by atoms with Crippen molar-refractivity contribution in [3.05, 3.63) is 29.8 Å². The van der Waals surface area contributed by atoms with E-state index in [1.165, 1.54) is 24.3 Å². The van der Waals surface area contributed by atoms with Gasteiger partial charge in [0.05, 0.1) is 4.90 Å². The lowest BCUT2D eigenvalue weighted by atomic mass is 10.1. The van der Waals surface area contributed by atoms with E-state index in [1.54, 1.807) is 27.7 Å². The van der Waals surface area contributed by atoms with Crippen LogP contribution < -0.4 is 11.2 Å². The molecule has 0 aromatic heterocycles. The minimum absolute atomic E-state index is 0.00347. The number of hydrogen-bond acceptors (Lipinski definition) is 8. The molecule has 0 aliphatic heterocycles. The lowest BCUT2D eigenvalue weighted by Crippen LogP contribution is -2.46. The highest BCUT2D eigenvalue weighted by atomic mass is 32.2. The van der Waals surface area contributed by atoms with Gasteiger partial charge in [-0.2, -0.15) is 5.90 Å². The van der Waals surface area contributed by atoms with Crippen molar-refractivity contribution < 1.29 is 32.4 Å². The molecule has 0 radical (unpaired) electrons. The van der Waals surface area contributed by atoms with Crippen LogP contribution in [0.4, 0.5) is 4.79 Å². The van der Waals surface area contributed by atoms with Crippen molar-refractivity contribution >= 4 is 27.7 Å². The zero-order valence-corrected chi connectivity index (χ0v) is 17.2. The first kappa shape index (κ1) is 23.6. The van der Waals surface area contributed by atoms with Gasteiger partial charge in [0.1, 0.15) is 23.2 Å². The number of carbonyl (C=O) groups excluding carboxylic acids is 3. The molecule has 1 aromatic rings. The molecule has 0 bridgehead atoms. The van der Waals surface area contributed by atoms with Crippen LogP contribution in [-0.2, 0) is 35.4 Å². The van der Waals surface area contributed by atoms with Crippen molar-refractivity contribution in [2.45, 2.75) is 57.1 Å². The van der Waals surface area contributed by atoms with Gasteiger partial charge in [-0.05, 0) is 38.5 Å². The molecule has 1 aromatic carbocycles. The maximum absolute atomic E-state index is 12.2. The Bertz CT molecular complexity index is 811. The van der Waals surface area contributed by atoms with Crippen LogP contribution in [0.2, 0.25) is 0 Å². The molecule has 28 heavy (non-hydrogen) atoms. The molecule has 0 saturated heterocycles. The lowest BCUT2D eigenvalue weighted by Gasteiger charge is -2.22. The second-order valence-electron chi connectivity index (χ2n) is 7.14. The first-order chi connectivity index (χ1) is 12.9. The fourth-order valence-corrected chi connectivity index (χ4v) is 3.54. The van der Waals surface area contributed by atoms with E-state index in [1.807, 2.05) is 0 Å². The molecular weight excluding hydrogens is 388 g/mol. The number of nitrogens with one attached hydrogen (secondary N) is 1. The van der Waals surface area contributed by atoms with Crippen LogP contribution in [-0.4, -0.2) is 43.7 Å². The van der Waals surface area contributed by atoms with Crippen molar-refractivity contribution in [1.82, 2.24) is 5.32 Å². The summed E-state index contributed by atoms with van der Waals surface area (Å²) in [5.41, 5.74) is -0.208. The first-order valence-electron chi connectivity index (χ1n) is 8.61. The molecule has 156 valence electrons. The number of ether oxygens (including phenoxy) is 1. The molecule has 0 aliphatic rings. The number of nitrogens with two attached hydrogens (primary N) is 1. The molecule has 0 aliphatic carbocycles. The summed E-state index contributed by atoms with van der Waals surface area (Å²) in [6.07, 6.45) is -0.680. The van der Waals surface area contributed by atoms with E-state index < -0.39 is 39.3 Å². The van der Waals surface area contributed by atoms with Crippen LogP contribution in [0.1, 0.15) is 39.7 Å². The molecule has 1 unspecified atom stereocenters. The Morgan fingerprint density at radius 3 is 2.18 bits per heavy atom. The van der Waals surface area contributed by atoms with Gasteiger partial charge in [-0.15, -0.1) is 0 Å². The number of Topliss-reactive ketones (excluding diaryl/α,β-unsaturated/α-hetero) is 1. The summed E-state index contributed by atoms with van der Waals surface area (Å²) >= 11 is 0. The van der Waals surface area contributed by atoms with Gasteiger partial charge in [-0.25, -0.2) is 18.0 Å². The average Bonchev–Trinajstić information content (AvgIpc) is 2.58. The Hall–Kier alpha value is -2.46. The van der Waals surface area contributed by atoms with Gasteiger partial charge >= 0.3 is 12.1 Å². The largest absolute Gasteiger partial charge is 0.444 e. The van der Waals surface area contributed by atoms with Crippen LogP contribution in [0.5, 0.6) is 0 Å². The number of ketones is 1. The number of rotatable bonds is 8. The summed E-state index contributed by atoms with van der Waals surface area (Å²) in [5, 5.41) is 2.37. The zero-order chi connectivity index (χ0) is 21.5. The summed E-state index contributed by atoms with van der Waals surface area (Å²) in [6.45, 7) is 6.61. The predicted octanol–water partition coefficient (Wildman–Crippen LogP) is 1.29. The van der Waals surface area contributed by atoms with E-state index in [0.29, 0.717) is 5.56 Å². The number of carbonyl (C=O) groups is 3. The van der Waals surface area contributed by atoms with Crippen LogP contribution in [0, 0.1) is 0 Å². The molecule has 3 N–H and O–H groups in total. The Balaban J connectivity index is 2.91. The third-order valence-corrected chi connectivity index (χ3v) is 5.25. The summed E-state index contributed by atoms with van der Waals surface area (Å²) in [6, 6.07) is 4.52. The van der Waals surface area contributed by atoms with Gasteiger partial charge in [-0.3, -0.25) is 4.79 Å². The van der Waals surface area contributed by atoms with Crippen LogP contribution in [0.3, 0.4) is 0 Å². The topological polar surface area (TPSA) is 142 Å². The van der Waals surface area contributed by atoms with Gasteiger partial charge in [0.15, 0.2) is 9.84 Å². The molecule has 10 heteroatoms. The Kier molecular flexibility index (Phi) is 8.13. The summed E-state index contributed by atoms with van der Waals surface area (Å²) < 4.78 is 29.5. The normalized spacial score (nSPS) is 12.8. The summed E-state index contributed by atoms with van der Waals surface area (Å²) in [4.78, 5) is 39.4. The third kappa shape index (κ3) is 7.65. The fraction of sp³-hybridized carbons (Fsp3) is 0.500. The van der Waals surface area contributed by atoms with E-state index in [2.05, 4.69) is 10.2 Å². The summed E-state index contributed by atoms with van der Waals surface area (Å²) in [7, 11) is -3.73. The number of sulfone groups is 1. The van der Waals surface area contributed by atoms with Crippen LogP contribution in [0.25, 0.3) is 0 Å². The van der Waals surface area contributed by atoms with E-state index >= 15 is 0 Å². The van der Waals surface area contributed by atoms with Gasteiger partial charge in [0, 0.05) is 12.8 Å². The molecular formula is C18H26N2O7S. The van der Waals surface area contributed by atoms with E-state index in [-0.39, 0.29) is 23.5 Å². The number of amides is 1. The second kappa shape index (κ2) is 9.65. The fourth-order valence-electron chi connectivity index (χ4n) is 2.19. The molecule has 1 amide bonds. The van der Waals surface area contributed by atoms with Crippen molar-refractivity contribution in [2.24, 2.45) is 5.90 Å². The minimum atomic E-state index is -3.73. The van der Waals surface area contributed by atoms with Crippen molar-refractivity contribution in [3.63, 3.8) is 0 Å². The Morgan fingerprint density at radius 2 is 1.71 bits per heavy atom. The van der Waals surface area contributed by atoms with Gasteiger partial charge < -0.3 is 14.9 Å². The molecule has 0 heterocycles. The van der Waals surface area contributed by atoms with Crippen molar-refractivity contribution in [2.75, 3.05) is 5.75 Å². The highest BCUT2D eigenvalue weighted by Gasteiger charge is 2.26. The molecule has 0 saturated carbocycles. The first-order valence-corrected chi connectivity index (χ1v) is 10.3. The maximum atomic E-state index is 12.2. The van der Waals surface area contributed by atoms with E-state index in [0.717, 1.165) is 0 Å².